The molecule has 142 valence electrons. The van der Waals surface area contributed by atoms with Crippen molar-refractivity contribution in [1.29, 1.82) is 0 Å². The molecule has 0 saturated carbocycles. The Hall–Kier alpha value is -2.33. The van der Waals surface area contributed by atoms with E-state index in [1.54, 1.807) is 11.3 Å². The summed E-state index contributed by atoms with van der Waals surface area (Å²) >= 11 is 1.61. The Labute approximate surface area is 153 Å². The van der Waals surface area contributed by atoms with Crippen molar-refractivity contribution in [3.63, 3.8) is 0 Å². The molecule has 0 bridgehead atoms. The molecule has 0 spiro atoms. The van der Waals surface area contributed by atoms with Crippen LogP contribution in [0.5, 0.6) is 5.88 Å². The van der Waals surface area contributed by atoms with E-state index in [9.17, 15) is 18.0 Å². The van der Waals surface area contributed by atoms with E-state index in [4.69, 9.17) is 0 Å². The maximum Gasteiger partial charge on any atom is 0.422 e. The summed E-state index contributed by atoms with van der Waals surface area (Å²) in [5, 5.41) is 7.32. The van der Waals surface area contributed by atoms with E-state index in [-0.39, 0.29) is 11.9 Å². The van der Waals surface area contributed by atoms with Crippen LogP contribution in [0.15, 0.2) is 35.8 Å². The lowest BCUT2D eigenvalue weighted by Gasteiger charge is -2.23. The van der Waals surface area contributed by atoms with E-state index in [1.165, 1.54) is 18.3 Å². The van der Waals surface area contributed by atoms with E-state index >= 15 is 0 Å². The van der Waals surface area contributed by atoms with Crippen LogP contribution in [0.4, 0.5) is 23.7 Å². The molecule has 10 heteroatoms. The molecular formula is C16H19F3N4O2S. The Morgan fingerprint density at radius 1 is 1.35 bits per heavy atom. The molecule has 0 aliphatic rings. The van der Waals surface area contributed by atoms with E-state index in [1.807, 2.05) is 36.5 Å². The lowest BCUT2D eigenvalue weighted by molar-refractivity contribution is -0.154. The predicted molar refractivity (Wildman–Crippen MR) is 93.6 cm³/mol. The van der Waals surface area contributed by atoms with Gasteiger partial charge >= 0.3 is 12.2 Å². The number of likely N-dealkylation sites (N-methyl/N-ethyl adjacent to an activating group) is 1. The Morgan fingerprint density at radius 2 is 2.12 bits per heavy atom. The minimum Gasteiger partial charge on any atom is -0.468 e. The number of carbonyl (C=O) groups excluding carboxylic acids is 1. The summed E-state index contributed by atoms with van der Waals surface area (Å²) in [5.74, 6) is -0.168. The Kier molecular flexibility index (Phi) is 6.81. The Bertz CT molecular complexity index is 691. The Balaban J connectivity index is 1.83. The van der Waals surface area contributed by atoms with Crippen molar-refractivity contribution in [3.8, 4) is 5.88 Å². The number of urea groups is 1. The quantitative estimate of drug-likeness (QED) is 0.762. The number of carbonyl (C=O) groups is 1. The number of ether oxygens (including phenoxy) is 1. The second-order valence-electron chi connectivity index (χ2n) is 5.62. The van der Waals surface area contributed by atoms with Crippen molar-refractivity contribution in [2.45, 2.75) is 12.2 Å². The largest absolute Gasteiger partial charge is 0.468 e. The summed E-state index contributed by atoms with van der Waals surface area (Å²) in [6, 6.07) is 6.23. The van der Waals surface area contributed by atoms with Gasteiger partial charge in [-0.3, -0.25) is 0 Å². The van der Waals surface area contributed by atoms with Crippen LogP contribution in [0.1, 0.15) is 10.9 Å². The first-order valence-electron chi connectivity index (χ1n) is 7.65. The number of hydrogen-bond donors (Lipinski definition) is 2. The lowest BCUT2D eigenvalue weighted by Crippen LogP contribution is -2.36. The molecule has 0 fully saturated rings. The van der Waals surface area contributed by atoms with E-state index in [2.05, 4.69) is 20.4 Å². The molecule has 0 aromatic carbocycles. The highest BCUT2D eigenvalue weighted by Crippen LogP contribution is 2.22. The number of hydrogen-bond acceptors (Lipinski definition) is 5. The second kappa shape index (κ2) is 8.86. The van der Waals surface area contributed by atoms with Gasteiger partial charge in [0.05, 0.1) is 17.9 Å². The molecule has 2 amide bonds. The monoisotopic (exact) mass is 388 g/mol. The zero-order valence-corrected chi connectivity index (χ0v) is 15.0. The third-order valence-corrected chi connectivity index (χ3v) is 4.30. The lowest BCUT2D eigenvalue weighted by atomic mass is 10.2. The van der Waals surface area contributed by atoms with Gasteiger partial charge in [-0.2, -0.15) is 13.2 Å². The van der Waals surface area contributed by atoms with Gasteiger partial charge in [0.1, 0.15) is 0 Å². The molecule has 2 heterocycles. The average Bonchev–Trinajstić information content (AvgIpc) is 3.07. The molecule has 2 aromatic rings. The standard InChI is InChI=1S/C16H19F3N4O2S/c1-23(2)12(13-4-3-7-26-13)9-21-15(24)22-11-5-6-14(20-8-11)25-10-16(17,18)19/h3-8,12H,9-10H2,1-2H3,(H2,21,22,24). The first-order chi connectivity index (χ1) is 12.2. The molecule has 26 heavy (non-hydrogen) atoms. The highest BCUT2D eigenvalue weighted by molar-refractivity contribution is 7.10. The minimum atomic E-state index is -4.43. The van der Waals surface area contributed by atoms with Gasteiger partial charge in [0, 0.05) is 17.5 Å². The SMILES string of the molecule is CN(C)C(CNC(=O)Nc1ccc(OCC(F)(F)F)nc1)c1cccs1. The van der Waals surface area contributed by atoms with Crippen molar-refractivity contribution in [3.05, 3.63) is 40.7 Å². The van der Waals surface area contributed by atoms with Crippen LogP contribution in [-0.4, -0.2) is 49.3 Å². The minimum absolute atomic E-state index is 0.0389. The number of anilines is 1. The number of amides is 2. The second-order valence-corrected chi connectivity index (χ2v) is 6.60. The normalized spacial score (nSPS) is 12.7. The van der Waals surface area contributed by atoms with Crippen molar-refractivity contribution in [2.75, 3.05) is 32.6 Å². The van der Waals surface area contributed by atoms with Crippen LogP contribution in [0.2, 0.25) is 0 Å². The molecule has 1 atom stereocenters. The number of thiophene rings is 1. The van der Waals surface area contributed by atoms with Gasteiger partial charge in [0.15, 0.2) is 6.61 Å². The van der Waals surface area contributed by atoms with Gasteiger partial charge < -0.3 is 20.3 Å². The van der Waals surface area contributed by atoms with Crippen molar-refractivity contribution >= 4 is 23.1 Å². The fourth-order valence-electron chi connectivity index (χ4n) is 2.08. The summed E-state index contributed by atoms with van der Waals surface area (Å²) in [7, 11) is 3.85. The Morgan fingerprint density at radius 3 is 2.65 bits per heavy atom. The van der Waals surface area contributed by atoms with Gasteiger partial charge in [-0.25, -0.2) is 9.78 Å². The summed E-state index contributed by atoms with van der Waals surface area (Å²) in [6.45, 7) is -1.01. The number of nitrogens with one attached hydrogen (secondary N) is 2. The third-order valence-electron chi connectivity index (χ3n) is 3.33. The number of alkyl halides is 3. The zero-order valence-electron chi connectivity index (χ0n) is 14.2. The first kappa shape index (κ1) is 20.0. The molecule has 0 saturated heterocycles. The van der Waals surface area contributed by atoms with Gasteiger partial charge in [0.25, 0.3) is 0 Å². The number of nitrogens with zero attached hydrogens (tertiary/aromatic N) is 2. The molecule has 0 radical (unpaired) electrons. The highest BCUT2D eigenvalue weighted by atomic mass is 32.1. The van der Waals surface area contributed by atoms with Gasteiger partial charge in [-0.1, -0.05) is 6.07 Å². The van der Waals surface area contributed by atoms with Gasteiger partial charge in [-0.15, -0.1) is 11.3 Å². The number of rotatable bonds is 7. The van der Waals surface area contributed by atoms with E-state index in [0.717, 1.165) is 4.88 Å². The predicted octanol–water partition coefficient (Wildman–Crippen LogP) is 3.51. The maximum atomic E-state index is 12.1. The van der Waals surface area contributed by atoms with Crippen molar-refractivity contribution in [2.24, 2.45) is 0 Å². The first-order valence-corrected chi connectivity index (χ1v) is 8.53. The number of aromatic nitrogens is 1. The van der Waals surface area contributed by atoms with Crippen LogP contribution in [0.3, 0.4) is 0 Å². The molecule has 6 nitrogen and oxygen atoms in total. The highest BCUT2D eigenvalue weighted by Gasteiger charge is 2.28. The number of halogens is 3. The van der Waals surface area contributed by atoms with Crippen molar-refractivity contribution < 1.29 is 22.7 Å². The molecule has 1 unspecified atom stereocenters. The smallest absolute Gasteiger partial charge is 0.422 e. The van der Waals surface area contributed by atoms with E-state index in [0.29, 0.717) is 12.2 Å². The number of pyridine rings is 1. The van der Waals surface area contributed by atoms with Crippen molar-refractivity contribution in [1.82, 2.24) is 15.2 Å². The molecular weight excluding hydrogens is 369 g/mol. The molecule has 2 aromatic heterocycles. The fourth-order valence-corrected chi connectivity index (χ4v) is 3.00. The fraction of sp³-hybridized carbons (Fsp3) is 0.375. The van der Waals surface area contributed by atoms with Crippen LogP contribution in [0.25, 0.3) is 0 Å². The summed E-state index contributed by atoms with van der Waals surface area (Å²) < 4.78 is 40.7. The summed E-state index contributed by atoms with van der Waals surface area (Å²) in [5.41, 5.74) is 0.347. The average molecular weight is 388 g/mol. The topological polar surface area (TPSA) is 66.5 Å². The van der Waals surface area contributed by atoms with E-state index < -0.39 is 18.8 Å². The van der Waals surface area contributed by atoms with Crippen LogP contribution < -0.4 is 15.4 Å². The third kappa shape index (κ3) is 6.52. The summed E-state index contributed by atoms with van der Waals surface area (Å²) in [4.78, 5) is 18.9. The van der Waals surface area contributed by atoms with Gasteiger partial charge in [-0.05, 0) is 31.6 Å². The molecule has 0 aliphatic carbocycles. The zero-order chi connectivity index (χ0) is 19.2. The summed E-state index contributed by atoms with van der Waals surface area (Å²) in [6.07, 6.45) is -3.20. The van der Waals surface area contributed by atoms with Crippen LogP contribution in [0, 0.1) is 0 Å². The molecule has 2 rings (SSSR count). The van der Waals surface area contributed by atoms with Crippen LogP contribution in [-0.2, 0) is 0 Å². The maximum absolute atomic E-state index is 12.1. The molecule has 2 N–H and O–H groups in total. The van der Waals surface area contributed by atoms with Gasteiger partial charge in [0.2, 0.25) is 5.88 Å². The van der Waals surface area contributed by atoms with Crippen LogP contribution >= 0.6 is 11.3 Å². The molecule has 0 aliphatic heterocycles.